The van der Waals surface area contributed by atoms with E-state index in [2.05, 4.69) is 21.2 Å². The number of anilines is 1. The molecule has 0 aliphatic heterocycles. The molecule has 0 saturated carbocycles. The molecule has 1 aromatic rings. The van der Waals surface area contributed by atoms with Gasteiger partial charge in [0.2, 0.25) is 0 Å². The maximum Gasteiger partial charge on any atom is 0.0763 e. The minimum atomic E-state index is -0.723. The van der Waals surface area contributed by atoms with Gasteiger partial charge in [0.05, 0.1) is 10.6 Å². The summed E-state index contributed by atoms with van der Waals surface area (Å²) in [6, 6.07) is 5.59. The highest BCUT2D eigenvalue weighted by atomic mass is 79.9. The highest BCUT2D eigenvalue weighted by molar-refractivity contribution is 9.10. The molecule has 0 radical (unpaired) electrons. The smallest absolute Gasteiger partial charge is 0.0763 e. The maximum atomic E-state index is 9.50. The van der Waals surface area contributed by atoms with Crippen LogP contribution in [0.5, 0.6) is 0 Å². The molecule has 0 fully saturated rings. The molecule has 78 valence electrons. The Labute approximate surface area is 97.4 Å². The van der Waals surface area contributed by atoms with Crippen LogP contribution in [-0.2, 0) is 0 Å². The number of hydrogen-bond acceptors (Lipinski definition) is 2. The number of nitrogens with one attached hydrogen (secondary N) is 1. The van der Waals surface area contributed by atoms with Crippen molar-refractivity contribution in [1.29, 1.82) is 0 Å². The van der Waals surface area contributed by atoms with E-state index in [4.69, 9.17) is 11.6 Å². The van der Waals surface area contributed by atoms with E-state index in [9.17, 15) is 5.11 Å². The van der Waals surface area contributed by atoms with Crippen molar-refractivity contribution in [1.82, 2.24) is 0 Å². The lowest BCUT2D eigenvalue weighted by Gasteiger charge is -2.18. The molecule has 0 aliphatic rings. The van der Waals surface area contributed by atoms with Crippen molar-refractivity contribution in [2.24, 2.45) is 0 Å². The molecule has 0 heterocycles. The summed E-state index contributed by atoms with van der Waals surface area (Å²) in [5.74, 6) is 0. The van der Waals surface area contributed by atoms with Crippen molar-refractivity contribution >= 4 is 33.2 Å². The zero-order valence-corrected chi connectivity index (χ0v) is 10.5. The number of halogens is 2. The van der Waals surface area contributed by atoms with Gasteiger partial charge in [0, 0.05) is 16.7 Å². The molecule has 4 heteroatoms. The average molecular weight is 279 g/mol. The average Bonchev–Trinajstić information content (AvgIpc) is 2.06. The third-order valence-corrected chi connectivity index (χ3v) is 2.88. The van der Waals surface area contributed by atoms with Crippen LogP contribution < -0.4 is 5.32 Å². The molecular weight excluding hydrogens is 265 g/mol. The van der Waals surface area contributed by atoms with Gasteiger partial charge < -0.3 is 10.4 Å². The molecule has 0 aliphatic carbocycles. The van der Waals surface area contributed by atoms with Gasteiger partial charge in [-0.1, -0.05) is 11.6 Å². The van der Waals surface area contributed by atoms with Crippen molar-refractivity contribution in [3.63, 3.8) is 0 Å². The molecule has 0 bridgehead atoms. The van der Waals surface area contributed by atoms with Crippen molar-refractivity contribution in [3.05, 3.63) is 27.7 Å². The minimum absolute atomic E-state index is 0.491. The summed E-state index contributed by atoms with van der Waals surface area (Å²) in [7, 11) is 0. The quantitative estimate of drug-likeness (QED) is 0.889. The third-order valence-electron chi connectivity index (χ3n) is 1.64. The zero-order valence-electron chi connectivity index (χ0n) is 8.14. The first-order chi connectivity index (χ1) is 6.38. The molecule has 0 atom stereocenters. The summed E-state index contributed by atoms with van der Waals surface area (Å²) in [5.41, 5.74) is 0.180. The van der Waals surface area contributed by atoms with Gasteiger partial charge in [-0.2, -0.15) is 0 Å². The third kappa shape index (κ3) is 3.86. The fourth-order valence-electron chi connectivity index (χ4n) is 0.924. The monoisotopic (exact) mass is 277 g/mol. The van der Waals surface area contributed by atoms with Gasteiger partial charge in [0.1, 0.15) is 0 Å². The fraction of sp³-hybridized carbons (Fsp3) is 0.400. The van der Waals surface area contributed by atoms with E-state index in [1.54, 1.807) is 13.8 Å². The lowest BCUT2D eigenvalue weighted by molar-refractivity contribution is 0.0945. The second kappa shape index (κ2) is 4.51. The first-order valence-corrected chi connectivity index (χ1v) is 5.47. The van der Waals surface area contributed by atoms with Gasteiger partial charge in [-0.15, -0.1) is 0 Å². The largest absolute Gasteiger partial charge is 0.389 e. The van der Waals surface area contributed by atoms with Gasteiger partial charge in [0.15, 0.2) is 0 Å². The Hall–Kier alpha value is -0.250. The number of benzene rings is 1. The van der Waals surface area contributed by atoms with Crippen LogP contribution in [0.25, 0.3) is 0 Å². The molecule has 1 rings (SSSR count). The van der Waals surface area contributed by atoms with Gasteiger partial charge in [-0.05, 0) is 48.0 Å². The Kier molecular flexibility index (Phi) is 3.81. The molecule has 1 aromatic carbocycles. The second-order valence-corrected chi connectivity index (χ2v) is 5.06. The van der Waals surface area contributed by atoms with Crippen LogP contribution in [0, 0.1) is 0 Å². The predicted octanol–water partition coefficient (Wildman–Crippen LogP) is 3.29. The molecule has 14 heavy (non-hydrogen) atoms. The zero-order chi connectivity index (χ0) is 10.8. The second-order valence-electron chi connectivity index (χ2n) is 3.79. The van der Waals surface area contributed by atoms with Crippen LogP contribution in [0.3, 0.4) is 0 Å². The van der Waals surface area contributed by atoms with E-state index in [0.29, 0.717) is 11.6 Å². The topological polar surface area (TPSA) is 32.3 Å². The van der Waals surface area contributed by atoms with Crippen LogP contribution in [0.1, 0.15) is 13.8 Å². The Morgan fingerprint density at radius 3 is 2.64 bits per heavy atom. The molecular formula is C10H13BrClNO. The summed E-state index contributed by atoms with van der Waals surface area (Å²) in [6.07, 6.45) is 0. The van der Waals surface area contributed by atoms with E-state index in [1.165, 1.54) is 0 Å². The SMILES string of the molecule is CC(C)(O)CNc1ccc(Br)c(Cl)c1. The van der Waals surface area contributed by atoms with E-state index >= 15 is 0 Å². The van der Waals surface area contributed by atoms with Gasteiger partial charge >= 0.3 is 0 Å². The number of aliphatic hydroxyl groups is 1. The van der Waals surface area contributed by atoms with Crippen LogP contribution in [0.4, 0.5) is 5.69 Å². The van der Waals surface area contributed by atoms with E-state index in [0.717, 1.165) is 10.2 Å². The van der Waals surface area contributed by atoms with Crippen molar-refractivity contribution in [2.45, 2.75) is 19.4 Å². The Morgan fingerprint density at radius 1 is 1.50 bits per heavy atom. The highest BCUT2D eigenvalue weighted by Gasteiger charge is 2.11. The fourth-order valence-corrected chi connectivity index (χ4v) is 1.35. The van der Waals surface area contributed by atoms with Crippen molar-refractivity contribution in [2.75, 3.05) is 11.9 Å². The van der Waals surface area contributed by atoms with Crippen molar-refractivity contribution in [3.8, 4) is 0 Å². The normalized spacial score (nSPS) is 11.5. The van der Waals surface area contributed by atoms with Gasteiger partial charge in [-0.3, -0.25) is 0 Å². The molecule has 0 unspecified atom stereocenters. The number of rotatable bonds is 3. The lowest BCUT2D eigenvalue weighted by atomic mass is 10.1. The van der Waals surface area contributed by atoms with Gasteiger partial charge in [0.25, 0.3) is 0 Å². The van der Waals surface area contributed by atoms with Gasteiger partial charge in [-0.25, -0.2) is 0 Å². The van der Waals surface area contributed by atoms with E-state index in [-0.39, 0.29) is 0 Å². The first-order valence-electron chi connectivity index (χ1n) is 4.30. The molecule has 0 spiro atoms. The molecule has 0 aromatic heterocycles. The number of hydrogen-bond donors (Lipinski definition) is 2. The van der Waals surface area contributed by atoms with E-state index < -0.39 is 5.60 Å². The minimum Gasteiger partial charge on any atom is -0.389 e. The Balaban J connectivity index is 2.65. The summed E-state index contributed by atoms with van der Waals surface area (Å²) in [6.45, 7) is 3.99. The van der Waals surface area contributed by atoms with E-state index in [1.807, 2.05) is 18.2 Å². The first kappa shape index (κ1) is 11.8. The Bertz CT molecular complexity index is 322. The molecule has 2 N–H and O–H groups in total. The summed E-state index contributed by atoms with van der Waals surface area (Å²) in [5, 5.41) is 13.3. The van der Waals surface area contributed by atoms with Crippen molar-refractivity contribution < 1.29 is 5.11 Å². The van der Waals surface area contributed by atoms with Crippen LogP contribution in [0.2, 0.25) is 5.02 Å². The molecule has 2 nitrogen and oxygen atoms in total. The highest BCUT2D eigenvalue weighted by Crippen LogP contribution is 2.25. The van der Waals surface area contributed by atoms with Crippen LogP contribution in [0.15, 0.2) is 22.7 Å². The molecule has 0 saturated heterocycles. The van der Waals surface area contributed by atoms with Crippen LogP contribution in [-0.4, -0.2) is 17.3 Å². The maximum absolute atomic E-state index is 9.50. The van der Waals surface area contributed by atoms with Crippen LogP contribution >= 0.6 is 27.5 Å². The summed E-state index contributed by atoms with van der Waals surface area (Å²) < 4.78 is 0.868. The lowest BCUT2D eigenvalue weighted by Crippen LogP contribution is -2.29. The Morgan fingerprint density at radius 2 is 2.14 bits per heavy atom. The molecule has 0 amide bonds. The predicted molar refractivity (Wildman–Crippen MR) is 63.9 cm³/mol. The summed E-state index contributed by atoms with van der Waals surface area (Å²) in [4.78, 5) is 0. The standard InChI is InChI=1S/C10H13BrClNO/c1-10(2,14)6-13-7-3-4-8(11)9(12)5-7/h3-5,13-14H,6H2,1-2H3. The summed E-state index contributed by atoms with van der Waals surface area (Å²) >= 11 is 9.23.